The molecule has 1 aromatic heterocycles. The van der Waals surface area contributed by atoms with Gasteiger partial charge in [0.2, 0.25) is 11.8 Å². The second-order valence-corrected chi connectivity index (χ2v) is 6.72. The van der Waals surface area contributed by atoms with Crippen LogP contribution in [0.2, 0.25) is 0 Å². The number of fused-ring (bicyclic) bond motifs is 1. The van der Waals surface area contributed by atoms with Crippen molar-refractivity contribution in [3.05, 3.63) is 60.3 Å². The zero-order chi connectivity index (χ0) is 18.8. The molecule has 1 atom stereocenters. The molecule has 27 heavy (non-hydrogen) atoms. The highest BCUT2D eigenvalue weighted by atomic mass is 16.5. The van der Waals surface area contributed by atoms with E-state index in [1.807, 2.05) is 54.7 Å². The summed E-state index contributed by atoms with van der Waals surface area (Å²) in [6.07, 6.45) is 2.07. The zero-order valence-corrected chi connectivity index (χ0v) is 15.1. The Morgan fingerprint density at radius 3 is 2.93 bits per heavy atom. The van der Waals surface area contributed by atoms with Crippen molar-refractivity contribution in [2.75, 3.05) is 19.0 Å². The van der Waals surface area contributed by atoms with E-state index in [4.69, 9.17) is 4.74 Å². The van der Waals surface area contributed by atoms with Crippen LogP contribution in [0.1, 0.15) is 12.0 Å². The third kappa shape index (κ3) is 3.38. The number of hydrogen-bond donors (Lipinski definition) is 2. The van der Waals surface area contributed by atoms with Gasteiger partial charge in [0.25, 0.3) is 0 Å². The Labute approximate surface area is 157 Å². The SMILES string of the molecule is COc1ccccc1CN1C[C@@H](C(=O)Nc2cccc3[nH]ccc23)CC1=O. The molecule has 6 heteroatoms. The Bertz CT molecular complexity index is 995. The average molecular weight is 363 g/mol. The third-order valence-electron chi connectivity index (χ3n) is 4.99. The number of ether oxygens (including phenoxy) is 1. The number of anilines is 1. The van der Waals surface area contributed by atoms with Gasteiger partial charge in [-0.1, -0.05) is 24.3 Å². The summed E-state index contributed by atoms with van der Waals surface area (Å²) in [6.45, 7) is 0.853. The Morgan fingerprint density at radius 2 is 2.07 bits per heavy atom. The number of aromatic nitrogens is 1. The van der Waals surface area contributed by atoms with E-state index >= 15 is 0 Å². The molecule has 2 aromatic carbocycles. The van der Waals surface area contributed by atoms with Crippen molar-refractivity contribution in [3.8, 4) is 5.75 Å². The highest BCUT2D eigenvalue weighted by Gasteiger charge is 2.34. The molecule has 0 saturated carbocycles. The number of carbonyl (C=O) groups is 2. The van der Waals surface area contributed by atoms with E-state index in [2.05, 4.69) is 10.3 Å². The molecule has 1 aliphatic heterocycles. The highest BCUT2D eigenvalue weighted by molar-refractivity contribution is 6.03. The van der Waals surface area contributed by atoms with Crippen LogP contribution < -0.4 is 10.1 Å². The Hall–Kier alpha value is -3.28. The van der Waals surface area contributed by atoms with Crippen molar-refractivity contribution in [1.29, 1.82) is 0 Å². The molecule has 3 aromatic rings. The maximum absolute atomic E-state index is 12.7. The molecule has 0 aliphatic carbocycles. The summed E-state index contributed by atoms with van der Waals surface area (Å²) in [4.78, 5) is 30.0. The minimum Gasteiger partial charge on any atom is -0.496 e. The number of aromatic amines is 1. The maximum Gasteiger partial charge on any atom is 0.229 e. The summed E-state index contributed by atoms with van der Waals surface area (Å²) in [5.74, 6) is 0.249. The second-order valence-electron chi connectivity index (χ2n) is 6.72. The molecule has 1 fully saturated rings. The normalized spacial score (nSPS) is 16.7. The lowest BCUT2D eigenvalue weighted by molar-refractivity contribution is -0.128. The standard InChI is InChI=1S/C21H21N3O3/c1-27-19-8-3-2-5-14(19)12-24-13-15(11-20(24)25)21(26)23-18-7-4-6-17-16(18)9-10-22-17/h2-10,15,22H,11-13H2,1H3,(H,23,26)/t15-/m0/s1. The fraction of sp³-hybridized carbons (Fsp3) is 0.238. The zero-order valence-electron chi connectivity index (χ0n) is 15.1. The van der Waals surface area contributed by atoms with E-state index in [1.54, 1.807) is 12.0 Å². The van der Waals surface area contributed by atoms with Crippen LogP contribution >= 0.6 is 0 Å². The fourth-order valence-electron chi connectivity index (χ4n) is 3.57. The quantitative estimate of drug-likeness (QED) is 0.731. The summed E-state index contributed by atoms with van der Waals surface area (Å²) in [5, 5.41) is 3.94. The molecule has 2 N–H and O–H groups in total. The molecule has 0 bridgehead atoms. The minimum absolute atomic E-state index is 0.0130. The topological polar surface area (TPSA) is 74.4 Å². The van der Waals surface area contributed by atoms with Gasteiger partial charge in [-0.25, -0.2) is 0 Å². The summed E-state index contributed by atoms with van der Waals surface area (Å²) in [7, 11) is 1.61. The number of amides is 2. The average Bonchev–Trinajstić information content (AvgIpc) is 3.30. The number of H-pyrrole nitrogens is 1. The first kappa shape index (κ1) is 17.1. The number of para-hydroxylation sites is 1. The van der Waals surface area contributed by atoms with Crippen molar-refractivity contribution in [3.63, 3.8) is 0 Å². The molecular weight excluding hydrogens is 342 g/mol. The van der Waals surface area contributed by atoms with Gasteiger partial charge >= 0.3 is 0 Å². The van der Waals surface area contributed by atoms with Crippen LogP contribution in [-0.2, 0) is 16.1 Å². The molecule has 2 amide bonds. The molecule has 0 unspecified atom stereocenters. The highest BCUT2D eigenvalue weighted by Crippen LogP contribution is 2.27. The molecule has 6 nitrogen and oxygen atoms in total. The van der Waals surface area contributed by atoms with E-state index in [0.717, 1.165) is 27.9 Å². The van der Waals surface area contributed by atoms with Crippen LogP contribution in [-0.4, -0.2) is 35.4 Å². The summed E-state index contributed by atoms with van der Waals surface area (Å²) >= 11 is 0. The fourth-order valence-corrected chi connectivity index (χ4v) is 3.57. The van der Waals surface area contributed by atoms with Crippen molar-refractivity contribution < 1.29 is 14.3 Å². The number of rotatable bonds is 5. The van der Waals surface area contributed by atoms with E-state index in [9.17, 15) is 9.59 Å². The lowest BCUT2D eigenvalue weighted by Crippen LogP contribution is -2.28. The minimum atomic E-state index is -0.360. The van der Waals surface area contributed by atoms with Crippen molar-refractivity contribution in [2.24, 2.45) is 5.92 Å². The number of nitrogens with one attached hydrogen (secondary N) is 2. The number of methoxy groups -OCH3 is 1. The van der Waals surface area contributed by atoms with Gasteiger partial charge in [-0.05, 0) is 24.3 Å². The van der Waals surface area contributed by atoms with Gasteiger partial charge < -0.3 is 19.9 Å². The van der Waals surface area contributed by atoms with E-state index in [-0.39, 0.29) is 24.2 Å². The Balaban J connectivity index is 1.45. The summed E-state index contributed by atoms with van der Waals surface area (Å²) in [6, 6.07) is 15.3. The number of benzene rings is 2. The van der Waals surface area contributed by atoms with E-state index < -0.39 is 0 Å². The van der Waals surface area contributed by atoms with Crippen molar-refractivity contribution in [1.82, 2.24) is 9.88 Å². The van der Waals surface area contributed by atoms with Crippen LogP contribution in [0.15, 0.2) is 54.7 Å². The van der Waals surface area contributed by atoms with Crippen LogP contribution in [0.3, 0.4) is 0 Å². The Kier molecular flexibility index (Phi) is 4.54. The molecular formula is C21H21N3O3. The van der Waals surface area contributed by atoms with E-state index in [0.29, 0.717) is 13.1 Å². The third-order valence-corrected chi connectivity index (χ3v) is 4.99. The molecule has 4 rings (SSSR count). The smallest absolute Gasteiger partial charge is 0.229 e. The molecule has 0 spiro atoms. The molecule has 0 radical (unpaired) electrons. The summed E-state index contributed by atoms with van der Waals surface area (Å²) < 4.78 is 5.36. The van der Waals surface area contributed by atoms with Gasteiger partial charge in [0.1, 0.15) is 5.75 Å². The van der Waals surface area contributed by atoms with Crippen molar-refractivity contribution in [2.45, 2.75) is 13.0 Å². The van der Waals surface area contributed by atoms with Gasteiger partial charge in [0.05, 0.1) is 18.7 Å². The monoisotopic (exact) mass is 363 g/mol. The van der Waals surface area contributed by atoms with Crippen LogP contribution in [0.5, 0.6) is 5.75 Å². The molecule has 1 aliphatic rings. The van der Waals surface area contributed by atoms with E-state index in [1.165, 1.54) is 0 Å². The number of hydrogen-bond acceptors (Lipinski definition) is 3. The number of nitrogens with zero attached hydrogens (tertiary/aromatic N) is 1. The first-order valence-corrected chi connectivity index (χ1v) is 8.92. The predicted octanol–water partition coefficient (Wildman–Crippen LogP) is 3.16. The lowest BCUT2D eigenvalue weighted by Gasteiger charge is -2.18. The maximum atomic E-state index is 12.7. The first-order valence-electron chi connectivity index (χ1n) is 8.92. The van der Waals surface area contributed by atoms with Crippen molar-refractivity contribution >= 4 is 28.4 Å². The lowest BCUT2D eigenvalue weighted by atomic mass is 10.1. The molecule has 1 saturated heterocycles. The number of likely N-dealkylation sites (tertiary alicyclic amines) is 1. The second kappa shape index (κ2) is 7.15. The first-order chi connectivity index (χ1) is 13.2. The molecule has 138 valence electrons. The summed E-state index contributed by atoms with van der Waals surface area (Å²) in [5.41, 5.74) is 2.66. The van der Waals surface area contributed by atoms with Gasteiger partial charge in [0, 0.05) is 42.2 Å². The largest absolute Gasteiger partial charge is 0.496 e. The van der Waals surface area contributed by atoms with Crippen LogP contribution in [0.4, 0.5) is 5.69 Å². The predicted molar refractivity (Wildman–Crippen MR) is 103 cm³/mol. The van der Waals surface area contributed by atoms with Crippen LogP contribution in [0.25, 0.3) is 10.9 Å². The van der Waals surface area contributed by atoms with Gasteiger partial charge in [-0.2, -0.15) is 0 Å². The Morgan fingerprint density at radius 1 is 1.22 bits per heavy atom. The van der Waals surface area contributed by atoms with Gasteiger partial charge in [-0.3, -0.25) is 9.59 Å². The van der Waals surface area contributed by atoms with Gasteiger partial charge in [-0.15, -0.1) is 0 Å². The van der Waals surface area contributed by atoms with Crippen LogP contribution in [0, 0.1) is 5.92 Å². The number of carbonyl (C=O) groups excluding carboxylic acids is 2. The molecule has 2 heterocycles. The van der Waals surface area contributed by atoms with Gasteiger partial charge in [0.15, 0.2) is 0 Å².